The highest BCUT2D eigenvalue weighted by Crippen LogP contribution is 2.31. The van der Waals surface area contributed by atoms with Gasteiger partial charge in [0.15, 0.2) is 0 Å². The zero-order valence-corrected chi connectivity index (χ0v) is 12.4. The van der Waals surface area contributed by atoms with Crippen molar-refractivity contribution in [1.82, 2.24) is 4.98 Å². The first-order chi connectivity index (χ1) is 9.60. The van der Waals surface area contributed by atoms with Crippen LogP contribution in [0.15, 0.2) is 30.5 Å². The Labute approximate surface area is 127 Å². The second-order valence-electron chi connectivity index (χ2n) is 4.07. The van der Waals surface area contributed by atoms with Crippen LogP contribution >= 0.6 is 23.2 Å². The van der Waals surface area contributed by atoms with Crippen molar-refractivity contribution >= 4 is 28.9 Å². The Balaban J connectivity index is 2.05. The number of rotatable bonds is 5. The van der Waals surface area contributed by atoms with Crippen LogP contribution in [0, 0.1) is 0 Å². The lowest BCUT2D eigenvalue weighted by Gasteiger charge is -2.10. The van der Waals surface area contributed by atoms with Crippen LogP contribution in [-0.4, -0.2) is 16.7 Å². The van der Waals surface area contributed by atoms with Crippen molar-refractivity contribution in [2.24, 2.45) is 0 Å². The monoisotopic (exact) mass is 312 g/mol. The fraction of sp³-hybridized carbons (Fsp3) is 0.214. The molecule has 6 heteroatoms. The van der Waals surface area contributed by atoms with Gasteiger partial charge < -0.3 is 15.2 Å². The molecular formula is C14H14Cl2N2O2. The molecule has 2 N–H and O–H groups in total. The maximum Gasteiger partial charge on any atom is 0.213 e. The van der Waals surface area contributed by atoms with Crippen LogP contribution in [0.4, 0.5) is 5.69 Å². The van der Waals surface area contributed by atoms with Gasteiger partial charge in [0, 0.05) is 23.2 Å². The number of aromatic nitrogens is 1. The van der Waals surface area contributed by atoms with Crippen molar-refractivity contribution in [1.29, 1.82) is 0 Å². The Bertz CT molecular complexity index is 588. The van der Waals surface area contributed by atoms with Gasteiger partial charge in [0.1, 0.15) is 5.75 Å². The molecule has 4 nitrogen and oxygen atoms in total. The first kappa shape index (κ1) is 14.8. The molecule has 0 radical (unpaired) electrons. The Kier molecular flexibility index (Phi) is 4.93. The molecule has 106 valence electrons. The van der Waals surface area contributed by atoms with Crippen LogP contribution in [0.1, 0.15) is 12.5 Å². The van der Waals surface area contributed by atoms with Gasteiger partial charge in [0.2, 0.25) is 5.88 Å². The van der Waals surface area contributed by atoms with E-state index in [1.807, 2.05) is 13.0 Å². The molecule has 0 aliphatic carbocycles. The van der Waals surface area contributed by atoms with Gasteiger partial charge in [-0.25, -0.2) is 4.98 Å². The van der Waals surface area contributed by atoms with E-state index in [-0.39, 0.29) is 10.8 Å². The van der Waals surface area contributed by atoms with Crippen LogP contribution in [0.5, 0.6) is 11.6 Å². The van der Waals surface area contributed by atoms with Crippen LogP contribution in [-0.2, 0) is 6.54 Å². The molecular weight excluding hydrogens is 299 g/mol. The average molecular weight is 313 g/mol. The predicted octanol–water partition coefficient (Wildman–Crippen LogP) is 4.10. The third-order valence-corrected chi connectivity index (χ3v) is 3.12. The number of nitrogens with zero attached hydrogens (tertiary/aromatic N) is 1. The minimum absolute atomic E-state index is 0.0301. The molecule has 0 unspecified atom stereocenters. The first-order valence-electron chi connectivity index (χ1n) is 6.09. The molecule has 0 aliphatic heterocycles. The van der Waals surface area contributed by atoms with Gasteiger partial charge in [0.05, 0.1) is 23.5 Å². The predicted molar refractivity (Wildman–Crippen MR) is 80.9 cm³/mol. The third-order valence-electron chi connectivity index (χ3n) is 2.62. The van der Waals surface area contributed by atoms with E-state index in [2.05, 4.69) is 10.3 Å². The molecule has 20 heavy (non-hydrogen) atoms. The molecule has 0 amide bonds. The molecule has 0 bridgehead atoms. The second-order valence-corrected chi connectivity index (χ2v) is 4.91. The van der Waals surface area contributed by atoms with Crippen LogP contribution in [0.25, 0.3) is 0 Å². The van der Waals surface area contributed by atoms with Gasteiger partial charge in [-0.3, -0.25) is 0 Å². The van der Waals surface area contributed by atoms with E-state index in [9.17, 15) is 5.11 Å². The number of pyridine rings is 1. The van der Waals surface area contributed by atoms with E-state index in [4.69, 9.17) is 27.9 Å². The summed E-state index contributed by atoms with van der Waals surface area (Å²) in [5.41, 5.74) is 1.43. The Hall–Kier alpha value is -1.65. The summed E-state index contributed by atoms with van der Waals surface area (Å²) in [6.07, 6.45) is 1.66. The molecule has 1 aromatic carbocycles. The fourth-order valence-electron chi connectivity index (χ4n) is 1.67. The normalized spacial score (nSPS) is 10.3. The number of benzene rings is 1. The molecule has 2 aromatic rings. The van der Waals surface area contributed by atoms with Crippen molar-refractivity contribution in [3.8, 4) is 11.6 Å². The quantitative estimate of drug-likeness (QED) is 0.872. The smallest absolute Gasteiger partial charge is 0.213 e. The van der Waals surface area contributed by atoms with E-state index in [1.165, 1.54) is 6.07 Å². The summed E-state index contributed by atoms with van der Waals surface area (Å²) in [7, 11) is 0. The molecule has 0 saturated carbocycles. The summed E-state index contributed by atoms with van der Waals surface area (Å²) in [5, 5.41) is 13.7. The highest BCUT2D eigenvalue weighted by Gasteiger charge is 2.07. The Morgan fingerprint density at radius 3 is 2.75 bits per heavy atom. The number of nitrogens with one attached hydrogen (secondary N) is 1. The van der Waals surface area contributed by atoms with Crippen molar-refractivity contribution in [3.05, 3.63) is 46.1 Å². The number of hydrogen-bond donors (Lipinski definition) is 2. The summed E-state index contributed by atoms with van der Waals surface area (Å²) >= 11 is 11.8. The number of phenols is 1. The third kappa shape index (κ3) is 3.68. The first-order valence-corrected chi connectivity index (χ1v) is 6.85. The summed E-state index contributed by atoms with van der Waals surface area (Å²) < 4.78 is 5.26. The molecule has 2 rings (SSSR count). The zero-order valence-electron chi connectivity index (χ0n) is 10.9. The highest BCUT2D eigenvalue weighted by molar-refractivity contribution is 6.35. The topological polar surface area (TPSA) is 54.4 Å². The fourth-order valence-corrected chi connectivity index (χ4v) is 2.21. The number of phenolic OH excluding ortho intramolecular Hbond substituents is 1. The van der Waals surface area contributed by atoms with Crippen LogP contribution < -0.4 is 10.1 Å². The highest BCUT2D eigenvalue weighted by atomic mass is 35.5. The van der Waals surface area contributed by atoms with Crippen LogP contribution in [0.3, 0.4) is 0 Å². The summed E-state index contributed by atoms with van der Waals surface area (Å²) in [6.45, 7) is 2.87. The van der Waals surface area contributed by atoms with E-state index in [0.717, 1.165) is 5.69 Å². The molecule has 0 fully saturated rings. The minimum atomic E-state index is 0.0301. The summed E-state index contributed by atoms with van der Waals surface area (Å²) in [5.74, 6) is 0.606. The van der Waals surface area contributed by atoms with Crippen molar-refractivity contribution in [3.63, 3.8) is 0 Å². The molecule has 0 spiro atoms. The molecule has 0 atom stereocenters. The van der Waals surface area contributed by atoms with Gasteiger partial charge in [-0.2, -0.15) is 0 Å². The van der Waals surface area contributed by atoms with Gasteiger partial charge in [0.25, 0.3) is 0 Å². The van der Waals surface area contributed by atoms with Crippen molar-refractivity contribution < 1.29 is 9.84 Å². The van der Waals surface area contributed by atoms with Gasteiger partial charge in [-0.1, -0.05) is 23.2 Å². The number of anilines is 1. The van der Waals surface area contributed by atoms with Crippen LogP contribution in [0.2, 0.25) is 10.0 Å². The Morgan fingerprint density at radius 1 is 1.30 bits per heavy atom. The van der Waals surface area contributed by atoms with Crippen molar-refractivity contribution in [2.75, 3.05) is 11.9 Å². The zero-order chi connectivity index (χ0) is 14.5. The molecule has 1 heterocycles. The SMILES string of the molecule is CCOc1ccc(NCc2cc(Cl)cc(Cl)c2O)cn1. The van der Waals surface area contributed by atoms with E-state index < -0.39 is 0 Å². The van der Waals surface area contributed by atoms with Gasteiger partial charge >= 0.3 is 0 Å². The van der Waals surface area contributed by atoms with E-state index in [1.54, 1.807) is 18.3 Å². The number of halogens is 2. The molecule has 1 aromatic heterocycles. The second kappa shape index (κ2) is 6.68. The number of aromatic hydroxyl groups is 1. The number of hydrogen-bond acceptors (Lipinski definition) is 4. The lowest BCUT2D eigenvalue weighted by molar-refractivity contribution is 0.327. The van der Waals surface area contributed by atoms with Gasteiger partial charge in [-0.05, 0) is 25.1 Å². The summed E-state index contributed by atoms with van der Waals surface area (Å²) in [6, 6.07) is 6.79. The minimum Gasteiger partial charge on any atom is -0.506 e. The lowest BCUT2D eigenvalue weighted by atomic mass is 10.2. The standard InChI is InChI=1S/C14H14Cl2N2O2/c1-2-20-13-4-3-11(8-18-13)17-7-9-5-10(15)6-12(16)14(9)19/h3-6,8,17,19H,2,7H2,1H3. The largest absolute Gasteiger partial charge is 0.506 e. The maximum atomic E-state index is 9.85. The van der Waals surface area contributed by atoms with E-state index in [0.29, 0.717) is 29.6 Å². The number of ether oxygens (including phenoxy) is 1. The maximum absolute atomic E-state index is 9.85. The molecule has 0 saturated heterocycles. The van der Waals surface area contributed by atoms with Gasteiger partial charge in [-0.15, -0.1) is 0 Å². The van der Waals surface area contributed by atoms with Crippen molar-refractivity contribution in [2.45, 2.75) is 13.5 Å². The average Bonchev–Trinajstić information content (AvgIpc) is 2.43. The Morgan fingerprint density at radius 2 is 2.10 bits per heavy atom. The van der Waals surface area contributed by atoms with E-state index >= 15 is 0 Å². The molecule has 0 aliphatic rings. The summed E-state index contributed by atoms with van der Waals surface area (Å²) in [4.78, 5) is 4.14. The lowest BCUT2D eigenvalue weighted by Crippen LogP contribution is -2.01.